The number of guanidine groups is 1. The van der Waals surface area contributed by atoms with Crippen LogP contribution >= 0.6 is 11.8 Å². The SMILES string of the molecule is CSc1ccc(CN=C(N)NCCCN2CCOCC2)cc1. The van der Waals surface area contributed by atoms with E-state index in [1.54, 1.807) is 11.8 Å². The first-order valence-electron chi connectivity index (χ1n) is 7.75. The molecular formula is C16H26N4OS. The van der Waals surface area contributed by atoms with Gasteiger partial charge in [-0.1, -0.05) is 12.1 Å². The Morgan fingerprint density at radius 3 is 2.73 bits per heavy atom. The van der Waals surface area contributed by atoms with Gasteiger partial charge in [0.2, 0.25) is 0 Å². The maximum absolute atomic E-state index is 5.90. The smallest absolute Gasteiger partial charge is 0.188 e. The summed E-state index contributed by atoms with van der Waals surface area (Å²) in [6.07, 6.45) is 3.14. The predicted octanol–water partition coefficient (Wildman–Crippen LogP) is 1.54. The number of hydrogen-bond donors (Lipinski definition) is 2. The van der Waals surface area contributed by atoms with E-state index in [4.69, 9.17) is 10.5 Å². The molecule has 3 N–H and O–H groups in total. The number of ether oxygens (including phenoxy) is 1. The molecule has 0 bridgehead atoms. The van der Waals surface area contributed by atoms with Gasteiger partial charge in [-0.05, 0) is 36.9 Å². The van der Waals surface area contributed by atoms with Crippen LogP contribution in [0.3, 0.4) is 0 Å². The van der Waals surface area contributed by atoms with Crippen LogP contribution in [0.4, 0.5) is 0 Å². The van der Waals surface area contributed by atoms with Crippen molar-refractivity contribution in [2.24, 2.45) is 10.7 Å². The Morgan fingerprint density at radius 2 is 2.05 bits per heavy atom. The summed E-state index contributed by atoms with van der Waals surface area (Å²) in [5.41, 5.74) is 7.07. The molecule has 0 atom stereocenters. The largest absolute Gasteiger partial charge is 0.379 e. The Labute approximate surface area is 137 Å². The van der Waals surface area contributed by atoms with Crippen molar-refractivity contribution in [1.82, 2.24) is 10.2 Å². The zero-order chi connectivity index (χ0) is 15.6. The molecule has 1 aliphatic heterocycles. The van der Waals surface area contributed by atoms with Crippen molar-refractivity contribution in [3.05, 3.63) is 29.8 Å². The first-order chi connectivity index (χ1) is 10.8. The van der Waals surface area contributed by atoms with Crippen LogP contribution in [-0.4, -0.2) is 56.5 Å². The van der Waals surface area contributed by atoms with Gasteiger partial charge in [-0.15, -0.1) is 11.8 Å². The Hall–Kier alpha value is -1.24. The van der Waals surface area contributed by atoms with Gasteiger partial charge in [0, 0.05) is 24.5 Å². The Bertz CT molecular complexity index is 458. The Balaban J connectivity index is 1.62. The second-order valence-electron chi connectivity index (χ2n) is 5.28. The van der Waals surface area contributed by atoms with Crippen LogP contribution in [0.1, 0.15) is 12.0 Å². The van der Waals surface area contributed by atoms with Gasteiger partial charge in [-0.25, -0.2) is 4.99 Å². The van der Waals surface area contributed by atoms with Crippen molar-refractivity contribution in [3.63, 3.8) is 0 Å². The van der Waals surface area contributed by atoms with E-state index in [1.807, 2.05) is 0 Å². The summed E-state index contributed by atoms with van der Waals surface area (Å²) in [4.78, 5) is 8.07. The molecule has 2 rings (SSSR count). The third kappa shape index (κ3) is 6.25. The summed E-state index contributed by atoms with van der Waals surface area (Å²) in [6.45, 7) is 6.35. The van der Waals surface area contributed by atoms with Crippen molar-refractivity contribution < 1.29 is 4.74 Å². The molecule has 1 saturated heterocycles. The highest BCUT2D eigenvalue weighted by Crippen LogP contribution is 2.15. The molecule has 22 heavy (non-hydrogen) atoms. The summed E-state index contributed by atoms with van der Waals surface area (Å²) >= 11 is 1.74. The molecule has 0 spiro atoms. The van der Waals surface area contributed by atoms with Crippen LogP contribution in [-0.2, 0) is 11.3 Å². The summed E-state index contributed by atoms with van der Waals surface area (Å²) in [6, 6.07) is 8.42. The van der Waals surface area contributed by atoms with E-state index in [0.717, 1.165) is 45.8 Å². The highest BCUT2D eigenvalue weighted by Gasteiger charge is 2.08. The van der Waals surface area contributed by atoms with E-state index >= 15 is 0 Å². The number of benzene rings is 1. The fourth-order valence-corrected chi connectivity index (χ4v) is 2.72. The Morgan fingerprint density at radius 1 is 1.32 bits per heavy atom. The van der Waals surface area contributed by atoms with Gasteiger partial charge in [0.1, 0.15) is 0 Å². The van der Waals surface area contributed by atoms with Crippen molar-refractivity contribution in [2.75, 3.05) is 45.6 Å². The molecule has 0 aromatic heterocycles. The molecule has 5 nitrogen and oxygen atoms in total. The molecule has 6 heteroatoms. The maximum atomic E-state index is 5.90. The molecule has 1 fully saturated rings. The second-order valence-corrected chi connectivity index (χ2v) is 6.16. The number of hydrogen-bond acceptors (Lipinski definition) is 4. The molecule has 0 radical (unpaired) electrons. The van der Waals surface area contributed by atoms with E-state index in [1.165, 1.54) is 10.5 Å². The lowest BCUT2D eigenvalue weighted by Gasteiger charge is -2.26. The molecule has 0 unspecified atom stereocenters. The molecular weight excluding hydrogens is 296 g/mol. The van der Waals surface area contributed by atoms with Gasteiger partial charge in [0.05, 0.1) is 19.8 Å². The van der Waals surface area contributed by atoms with Gasteiger partial charge >= 0.3 is 0 Å². The summed E-state index contributed by atoms with van der Waals surface area (Å²) in [5.74, 6) is 0.524. The highest BCUT2D eigenvalue weighted by molar-refractivity contribution is 7.98. The molecule has 0 aliphatic carbocycles. The zero-order valence-electron chi connectivity index (χ0n) is 13.3. The second kappa shape index (κ2) is 9.71. The third-order valence-corrected chi connectivity index (χ3v) is 4.40. The van der Waals surface area contributed by atoms with Crippen LogP contribution < -0.4 is 11.1 Å². The van der Waals surface area contributed by atoms with Crippen molar-refractivity contribution in [3.8, 4) is 0 Å². The molecule has 1 aliphatic rings. The zero-order valence-corrected chi connectivity index (χ0v) is 14.1. The lowest BCUT2D eigenvalue weighted by molar-refractivity contribution is 0.0376. The van der Waals surface area contributed by atoms with Crippen LogP contribution in [0.15, 0.2) is 34.2 Å². The van der Waals surface area contributed by atoms with Gasteiger partial charge in [-0.2, -0.15) is 0 Å². The average Bonchev–Trinajstić information content (AvgIpc) is 2.58. The minimum absolute atomic E-state index is 0.524. The van der Waals surface area contributed by atoms with Crippen LogP contribution in [0.25, 0.3) is 0 Å². The first kappa shape index (κ1) is 17.1. The monoisotopic (exact) mass is 322 g/mol. The topological polar surface area (TPSA) is 62.9 Å². The summed E-state index contributed by atoms with van der Waals surface area (Å²) in [7, 11) is 0. The van der Waals surface area contributed by atoms with E-state index in [-0.39, 0.29) is 0 Å². The van der Waals surface area contributed by atoms with Crippen molar-refractivity contribution >= 4 is 17.7 Å². The predicted molar refractivity (Wildman–Crippen MR) is 93.4 cm³/mol. The fourth-order valence-electron chi connectivity index (χ4n) is 2.31. The lowest BCUT2D eigenvalue weighted by Crippen LogP contribution is -2.39. The average molecular weight is 322 g/mol. The molecule has 1 aromatic rings. The van der Waals surface area contributed by atoms with Crippen molar-refractivity contribution in [2.45, 2.75) is 17.9 Å². The standard InChI is InChI=1S/C16H26N4OS/c1-22-15-5-3-14(4-6-15)13-19-16(17)18-7-2-8-20-9-11-21-12-10-20/h3-6H,2,7-13H2,1H3,(H3,17,18,19). The number of nitrogens with one attached hydrogen (secondary N) is 1. The van der Waals surface area contributed by atoms with Crippen LogP contribution in [0.2, 0.25) is 0 Å². The number of aliphatic imine (C=N–C) groups is 1. The van der Waals surface area contributed by atoms with E-state index in [9.17, 15) is 0 Å². The van der Waals surface area contributed by atoms with Gasteiger partial charge in [-0.3, -0.25) is 4.90 Å². The van der Waals surface area contributed by atoms with Crippen LogP contribution in [0.5, 0.6) is 0 Å². The van der Waals surface area contributed by atoms with Crippen LogP contribution in [0, 0.1) is 0 Å². The van der Waals surface area contributed by atoms with Gasteiger partial charge in [0.15, 0.2) is 5.96 Å². The number of nitrogens with zero attached hydrogens (tertiary/aromatic N) is 2. The van der Waals surface area contributed by atoms with Crippen molar-refractivity contribution in [1.29, 1.82) is 0 Å². The summed E-state index contributed by atoms with van der Waals surface area (Å²) < 4.78 is 5.33. The number of morpholine rings is 1. The van der Waals surface area contributed by atoms with Gasteiger partial charge < -0.3 is 15.8 Å². The number of rotatable bonds is 7. The lowest BCUT2D eigenvalue weighted by atomic mass is 10.2. The minimum atomic E-state index is 0.524. The summed E-state index contributed by atoms with van der Waals surface area (Å²) in [5, 5.41) is 3.18. The molecule has 122 valence electrons. The number of nitrogens with two attached hydrogens (primary N) is 1. The molecule has 0 saturated carbocycles. The minimum Gasteiger partial charge on any atom is -0.379 e. The third-order valence-electron chi connectivity index (χ3n) is 3.65. The Kier molecular flexibility index (Phi) is 7.56. The normalized spacial score (nSPS) is 16.7. The first-order valence-corrected chi connectivity index (χ1v) is 8.97. The quantitative estimate of drug-likeness (QED) is 0.345. The van der Waals surface area contributed by atoms with E-state index in [2.05, 4.69) is 45.7 Å². The van der Waals surface area contributed by atoms with E-state index in [0.29, 0.717) is 12.5 Å². The highest BCUT2D eigenvalue weighted by atomic mass is 32.2. The maximum Gasteiger partial charge on any atom is 0.188 e. The molecule has 1 heterocycles. The van der Waals surface area contributed by atoms with E-state index < -0.39 is 0 Å². The van der Waals surface area contributed by atoms with Gasteiger partial charge in [0.25, 0.3) is 0 Å². The fraction of sp³-hybridized carbons (Fsp3) is 0.562. The molecule has 1 aromatic carbocycles. The molecule has 0 amide bonds. The number of thioether (sulfide) groups is 1.